The van der Waals surface area contributed by atoms with Crippen molar-refractivity contribution in [1.29, 1.82) is 0 Å². The Morgan fingerprint density at radius 3 is 2.79 bits per heavy atom. The monoisotopic (exact) mass is 262 g/mol. The van der Waals surface area contributed by atoms with Crippen LogP contribution in [0.15, 0.2) is 10.8 Å². The van der Waals surface area contributed by atoms with Crippen LogP contribution in [0.4, 0.5) is 0 Å². The van der Waals surface area contributed by atoms with Gasteiger partial charge >= 0.3 is 0 Å². The van der Waals surface area contributed by atoms with Crippen molar-refractivity contribution in [2.45, 2.75) is 69.7 Å². The minimum absolute atomic E-state index is 0.0249. The van der Waals surface area contributed by atoms with E-state index in [1.807, 2.05) is 0 Å². The quantitative estimate of drug-likeness (QED) is 0.904. The van der Waals surface area contributed by atoms with Crippen molar-refractivity contribution in [2.24, 2.45) is 0 Å². The fourth-order valence-corrected chi connectivity index (χ4v) is 3.17. The first kappa shape index (κ1) is 12.7. The van der Waals surface area contributed by atoms with Crippen LogP contribution in [0.3, 0.4) is 0 Å². The summed E-state index contributed by atoms with van der Waals surface area (Å²) < 4.78 is 5.34. The normalized spacial score (nSPS) is 22.2. The molecular weight excluding hydrogens is 240 g/mol. The molecule has 1 N–H and O–H groups in total. The molecule has 2 aliphatic rings. The number of aromatic nitrogens is 1. The van der Waals surface area contributed by atoms with Gasteiger partial charge in [0.15, 0.2) is 6.39 Å². The molecule has 0 unspecified atom stereocenters. The highest BCUT2D eigenvalue weighted by molar-refractivity contribution is 5.93. The molecule has 3 rings (SSSR count). The zero-order valence-electron chi connectivity index (χ0n) is 11.6. The van der Waals surface area contributed by atoms with Crippen LogP contribution in [-0.2, 0) is 0 Å². The number of nitrogens with one attached hydrogen (secondary N) is 1. The molecule has 104 valence electrons. The molecule has 0 spiro atoms. The fraction of sp³-hybridized carbons (Fsp3) is 0.733. The predicted octanol–water partition coefficient (Wildman–Crippen LogP) is 3.39. The van der Waals surface area contributed by atoms with Crippen molar-refractivity contribution in [2.75, 3.05) is 0 Å². The summed E-state index contributed by atoms with van der Waals surface area (Å²) in [6.45, 7) is 2.16. The zero-order valence-corrected chi connectivity index (χ0v) is 11.6. The molecule has 4 nitrogen and oxygen atoms in total. The number of nitrogens with zero attached hydrogens (tertiary/aromatic N) is 1. The standard InChI is InChI=1S/C15H22N2O2/c1-2-15(8-4-3-5-9-15)17-14(18)13-12(11-6-7-11)16-10-19-13/h10-11H,2-9H2,1H3,(H,17,18). The van der Waals surface area contributed by atoms with E-state index in [4.69, 9.17) is 4.42 Å². The molecule has 1 aromatic heterocycles. The van der Waals surface area contributed by atoms with Gasteiger partial charge in [-0.2, -0.15) is 0 Å². The third kappa shape index (κ3) is 2.53. The Kier molecular flexibility index (Phi) is 3.33. The summed E-state index contributed by atoms with van der Waals surface area (Å²) in [6, 6.07) is 0. The molecule has 1 aromatic rings. The van der Waals surface area contributed by atoms with Gasteiger partial charge in [-0.1, -0.05) is 26.2 Å². The maximum Gasteiger partial charge on any atom is 0.289 e. The maximum atomic E-state index is 12.4. The topological polar surface area (TPSA) is 55.1 Å². The molecule has 4 heteroatoms. The molecule has 2 fully saturated rings. The van der Waals surface area contributed by atoms with E-state index in [2.05, 4.69) is 17.2 Å². The number of amides is 1. The number of hydrogen-bond acceptors (Lipinski definition) is 3. The highest BCUT2D eigenvalue weighted by atomic mass is 16.3. The Hall–Kier alpha value is -1.32. The summed E-state index contributed by atoms with van der Waals surface area (Å²) in [7, 11) is 0. The molecule has 2 aliphatic carbocycles. The molecule has 0 bridgehead atoms. The Labute approximate surface area is 114 Å². The van der Waals surface area contributed by atoms with Gasteiger partial charge in [0.25, 0.3) is 5.91 Å². The zero-order chi connectivity index (χ0) is 13.3. The van der Waals surface area contributed by atoms with Gasteiger partial charge in [0, 0.05) is 11.5 Å². The number of oxazole rings is 1. The first-order chi connectivity index (χ1) is 9.24. The number of carbonyl (C=O) groups is 1. The average Bonchev–Trinajstić information content (AvgIpc) is 3.17. The molecule has 1 amide bonds. The molecule has 0 atom stereocenters. The van der Waals surface area contributed by atoms with Crippen molar-refractivity contribution in [3.8, 4) is 0 Å². The predicted molar refractivity (Wildman–Crippen MR) is 72.1 cm³/mol. The third-order valence-corrected chi connectivity index (χ3v) is 4.63. The number of carbonyl (C=O) groups excluding carboxylic acids is 1. The van der Waals surface area contributed by atoms with Crippen LogP contribution in [0.25, 0.3) is 0 Å². The Morgan fingerprint density at radius 1 is 1.42 bits per heavy atom. The Bertz CT molecular complexity index is 456. The molecule has 2 saturated carbocycles. The van der Waals surface area contributed by atoms with Gasteiger partial charge in [0.05, 0.1) is 5.69 Å². The Morgan fingerprint density at radius 2 is 2.16 bits per heavy atom. The molecule has 0 aromatic carbocycles. The van der Waals surface area contributed by atoms with Gasteiger partial charge in [-0.3, -0.25) is 4.79 Å². The second kappa shape index (κ2) is 4.99. The average molecular weight is 262 g/mol. The summed E-state index contributed by atoms with van der Waals surface area (Å²) >= 11 is 0. The first-order valence-electron chi connectivity index (χ1n) is 7.50. The second-order valence-corrected chi connectivity index (χ2v) is 5.99. The maximum absolute atomic E-state index is 12.4. The van der Waals surface area contributed by atoms with E-state index in [1.165, 1.54) is 25.7 Å². The summed E-state index contributed by atoms with van der Waals surface area (Å²) in [5, 5.41) is 3.23. The number of rotatable bonds is 4. The second-order valence-electron chi connectivity index (χ2n) is 5.99. The SMILES string of the molecule is CCC1(NC(=O)c2ocnc2C2CC2)CCCCC1. The lowest BCUT2D eigenvalue weighted by atomic mass is 9.79. The largest absolute Gasteiger partial charge is 0.438 e. The van der Waals surface area contributed by atoms with Crippen molar-refractivity contribution in [3.63, 3.8) is 0 Å². The van der Waals surface area contributed by atoms with E-state index in [0.717, 1.165) is 37.8 Å². The number of hydrogen-bond donors (Lipinski definition) is 1. The van der Waals surface area contributed by atoms with Crippen LogP contribution in [0.5, 0.6) is 0 Å². The highest BCUT2D eigenvalue weighted by Crippen LogP contribution is 2.41. The lowest BCUT2D eigenvalue weighted by Crippen LogP contribution is -2.49. The van der Waals surface area contributed by atoms with Crippen LogP contribution in [0, 0.1) is 0 Å². The van der Waals surface area contributed by atoms with E-state index in [1.54, 1.807) is 0 Å². The van der Waals surface area contributed by atoms with Crippen molar-refractivity contribution in [1.82, 2.24) is 10.3 Å². The van der Waals surface area contributed by atoms with E-state index >= 15 is 0 Å². The molecule has 19 heavy (non-hydrogen) atoms. The van der Waals surface area contributed by atoms with E-state index < -0.39 is 0 Å². The minimum Gasteiger partial charge on any atom is -0.438 e. The van der Waals surface area contributed by atoms with E-state index in [9.17, 15) is 4.79 Å². The van der Waals surface area contributed by atoms with Crippen molar-refractivity contribution >= 4 is 5.91 Å². The molecule has 1 heterocycles. The van der Waals surface area contributed by atoms with Gasteiger partial charge in [0.2, 0.25) is 5.76 Å². The van der Waals surface area contributed by atoms with Gasteiger partial charge < -0.3 is 9.73 Å². The van der Waals surface area contributed by atoms with Gasteiger partial charge in [-0.25, -0.2) is 4.98 Å². The van der Waals surface area contributed by atoms with Crippen LogP contribution in [0.1, 0.15) is 80.5 Å². The van der Waals surface area contributed by atoms with E-state index in [0.29, 0.717) is 11.7 Å². The van der Waals surface area contributed by atoms with Crippen LogP contribution in [-0.4, -0.2) is 16.4 Å². The van der Waals surface area contributed by atoms with Gasteiger partial charge in [0.1, 0.15) is 0 Å². The van der Waals surface area contributed by atoms with Crippen molar-refractivity contribution < 1.29 is 9.21 Å². The summed E-state index contributed by atoms with van der Waals surface area (Å²) in [6.07, 6.45) is 10.5. The fourth-order valence-electron chi connectivity index (χ4n) is 3.17. The molecule has 0 saturated heterocycles. The van der Waals surface area contributed by atoms with Gasteiger partial charge in [-0.15, -0.1) is 0 Å². The van der Waals surface area contributed by atoms with E-state index in [-0.39, 0.29) is 11.4 Å². The van der Waals surface area contributed by atoms with Crippen LogP contribution in [0.2, 0.25) is 0 Å². The third-order valence-electron chi connectivity index (χ3n) is 4.63. The smallest absolute Gasteiger partial charge is 0.289 e. The molecule has 0 aliphatic heterocycles. The summed E-state index contributed by atoms with van der Waals surface area (Å²) in [5.74, 6) is 0.826. The Balaban J connectivity index is 1.74. The van der Waals surface area contributed by atoms with Gasteiger partial charge in [-0.05, 0) is 32.1 Å². The summed E-state index contributed by atoms with van der Waals surface area (Å²) in [5.41, 5.74) is 0.836. The van der Waals surface area contributed by atoms with Crippen molar-refractivity contribution in [3.05, 3.63) is 17.8 Å². The summed E-state index contributed by atoms with van der Waals surface area (Å²) in [4.78, 5) is 16.7. The molecule has 0 radical (unpaired) electrons. The lowest BCUT2D eigenvalue weighted by Gasteiger charge is -2.37. The first-order valence-corrected chi connectivity index (χ1v) is 7.50. The van der Waals surface area contributed by atoms with Crippen LogP contribution < -0.4 is 5.32 Å². The lowest BCUT2D eigenvalue weighted by molar-refractivity contribution is 0.0834. The minimum atomic E-state index is -0.0665. The van der Waals surface area contributed by atoms with Crippen LogP contribution >= 0.6 is 0 Å². The highest BCUT2D eigenvalue weighted by Gasteiger charge is 2.36. The molecular formula is C15H22N2O2.